The van der Waals surface area contributed by atoms with Gasteiger partial charge >= 0.3 is 0 Å². The lowest BCUT2D eigenvalue weighted by molar-refractivity contribution is 0.476. The van der Waals surface area contributed by atoms with Gasteiger partial charge in [0.05, 0.1) is 17.2 Å². The van der Waals surface area contributed by atoms with Gasteiger partial charge in [0.2, 0.25) is 0 Å². The molecule has 1 aromatic rings. The topological polar surface area (TPSA) is 66.4 Å². The first-order chi connectivity index (χ1) is 7.46. The van der Waals surface area contributed by atoms with Crippen molar-refractivity contribution in [1.29, 1.82) is 0 Å². The summed E-state index contributed by atoms with van der Waals surface area (Å²) in [7, 11) is -2.88. The molecule has 1 fully saturated rings. The normalized spacial score (nSPS) is 23.2. The van der Waals surface area contributed by atoms with Gasteiger partial charge in [0.15, 0.2) is 9.84 Å². The van der Waals surface area contributed by atoms with Crippen molar-refractivity contribution in [2.45, 2.75) is 19.4 Å². The summed E-state index contributed by atoms with van der Waals surface area (Å²) >= 11 is 0. The fourth-order valence-corrected chi connectivity index (χ4v) is 3.57. The Labute approximate surface area is 95.2 Å². The zero-order valence-corrected chi connectivity index (χ0v) is 9.92. The number of phenols is 1. The van der Waals surface area contributed by atoms with E-state index in [-0.39, 0.29) is 23.3 Å². The van der Waals surface area contributed by atoms with Gasteiger partial charge in [-0.1, -0.05) is 6.07 Å². The molecule has 1 aliphatic rings. The number of sulfone groups is 1. The van der Waals surface area contributed by atoms with Crippen LogP contribution in [0.15, 0.2) is 18.2 Å². The Bertz CT molecular complexity index is 496. The van der Waals surface area contributed by atoms with Crippen LogP contribution in [-0.4, -0.2) is 31.1 Å². The van der Waals surface area contributed by atoms with Crippen molar-refractivity contribution >= 4 is 15.5 Å². The number of rotatable bonds is 2. The van der Waals surface area contributed by atoms with Gasteiger partial charge in [-0.3, -0.25) is 0 Å². The number of phenolic OH excluding ortho intramolecular Hbond substituents is 1. The van der Waals surface area contributed by atoms with Gasteiger partial charge in [-0.05, 0) is 31.0 Å². The molecule has 0 saturated carbocycles. The van der Waals surface area contributed by atoms with E-state index in [4.69, 9.17) is 0 Å². The molecular weight excluding hydrogens is 226 g/mol. The average molecular weight is 241 g/mol. The van der Waals surface area contributed by atoms with E-state index in [1.807, 2.05) is 19.1 Å². The molecule has 88 valence electrons. The third-order valence-electron chi connectivity index (χ3n) is 2.74. The Morgan fingerprint density at radius 3 is 2.81 bits per heavy atom. The van der Waals surface area contributed by atoms with Crippen molar-refractivity contribution in [3.63, 3.8) is 0 Å². The second-order valence-corrected chi connectivity index (χ2v) is 6.49. The van der Waals surface area contributed by atoms with E-state index in [0.29, 0.717) is 12.1 Å². The van der Waals surface area contributed by atoms with Crippen molar-refractivity contribution < 1.29 is 13.5 Å². The molecule has 1 unspecified atom stereocenters. The molecule has 0 amide bonds. The Morgan fingerprint density at radius 1 is 1.44 bits per heavy atom. The molecule has 0 aromatic heterocycles. The van der Waals surface area contributed by atoms with E-state index in [1.165, 1.54) is 0 Å². The predicted octanol–water partition coefficient (Wildman–Crippen LogP) is 1.30. The van der Waals surface area contributed by atoms with Crippen molar-refractivity contribution in [2.75, 3.05) is 16.8 Å². The summed E-state index contributed by atoms with van der Waals surface area (Å²) in [6, 6.07) is 5.16. The van der Waals surface area contributed by atoms with Crippen LogP contribution in [0.2, 0.25) is 0 Å². The molecule has 1 saturated heterocycles. The molecule has 16 heavy (non-hydrogen) atoms. The van der Waals surface area contributed by atoms with Gasteiger partial charge in [-0.15, -0.1) is 0 Å². The van der Waals surface area contributed by atoms with E-state index < -0.39 is 9.84 Å². The molecule has 2 rings (SSSR count). The van der Waals surface area contributed by atoms with Gasteiger partial charge in [0.25, 0.3) is 0 Å². The highest BCUT2D eigenvalue weighted by Crippen LogP contribution is 2.26. The van der Waals surface area contributed by atoms with Gasteiger partial charge in [-0.25, -0.2) is 8.42 Å². The van der Waals surface area contributed by atoms with Crippen LogP contribution in [-0.2, 0) is 9.84 Å². The third kappa shape index (κ3) is 2.47. The summed E-state index contributed by atoms with van der Waals surface area (Å²) in [6.07, 6.45) is 0.607. The molecule has 0 radical (unpaired) electrons. The zero-order chi connectivity index (χ0) is 11.8. The number of aryl methyl sites for hydroxylation is 1. The number of aromatic hydroxyl groups is 1. The van der Waals surface area contributed by atoms with E-state index in [0.717, 1.165) is 5.56 Å². The number of benzene rings is 1. The molecule has 0 aliphatic carbocycles. The molecule has 2 N–H and O–H groups in total. The van der Waals surface area contributed by atoms with Crippen molar-refractivity contribution in [1.82, 2.24) is 0 Å². The Hall–Kier alpha value is -1.23. The van der Waals surface area contributed by atoms with Crippen LogP contribution in [0.1, 0.15) is 12.0 Å². The van der Waals surface area contributed by atoms with E-state index in [2.05, 4.69) is 5.32 Å². The van der Waals surface area contributed by atoms with E-state index >= 15 is 0 Å². The molecule has 1 aliphatic heterocycles. The first-order valence-corrected chi connectivity index (χ1v) is 7.05. The summed E-state index contributed by atoms with van der Waals surface area (Å²) < 4.78 is 22.6. The third-order valence-corrected chi connectivity index (χ3v) is 4.51. The SMILES string of the molecule is Cc1ccc(O)c(NC2CCS(=O)(=O)C2)c1. The highest BCUT2D eigenvalue weighted by Gasteiger charge is 2.28. The van der Waals surface area contributed by atoms with Crippen LogP contribution >= 0.6 is 0 Å². The lowest BCUT2D eigenvalue weighted by Gasteiger charge is -2.14. The molecule has 1 atom stereocenters. The van der Waals surface area contributed by atoms with Crippen molar-refractivity contribution in [3.05, 3.63) is 23.8 Å². The fraction of sp³-hybridized carbons (Fsp3) is 0.455. The first-order valence-electron chi connectivity index (χ1n) is 5.23. The number of nitrogens with one attached hydrogen (secondary N) is 1. The molecular formula is C11H15NO3S. The number of hydrogen-bond donors (Lipinski definition) is 2. The standard InChI is InChI=1S/C11H15NO3S/c1-8-2-3-11(13)10(6-8)12-9-4-5-16(14,15)7-9/h2-3,6,9,12-13H,4-5,7H2,1H3. The van der Waals surface area contributed by atoms with Crippen LogP contribution in [0, 0.1) is 6.92 Å². The molecule has 0 bridgehead atoms. The summed E-state index contributed by atoms with van der Waals surface area (Å²) in [5.74, 6) is 0.548. The monoisotopic (exact) mass is 241 g/mol. The van der Waals surface area contributed by atoms with E-state index in [1.54, 1.807) is 6.07 Å². The van der Waals surface area contributed by atoms with Crippen molar-refractivity contribution in [2.24, 2.45) is 0 Å². The zero-order valence-electron chi connectivity index (χ0n) is 9.10. The van der Waals surface area contributed by atoms with Gasteiger partial charge in [0.1, 0.15) is 5.75 Å². The van der Waals surface area contributed by atoms with E-state index in [9.17, 15) is 13.5 Å². The minimum atomic E-state index is -2.88. The molecule has 0 spiro atoms. The first kappa shape index (κ1) is 11.3. The molecule has 1 heterocycles. The average Bonchev–Trinajstić information content (AvgIpc) is 2.52. The molecule has 1 aromatic carbocycles. The van der Waals surface area contributed by atoms with Crippen LogP contribution in [0.4, 0.5) is 5.69 Å². The number of hydrogen-bond acceptors (Lipinski definition) is 4. The lowest BCUT2D eigenvalue weighted by atomic mass is 10.2. The highest BCUT2D eigenvalue weighted by molar-refractivity contribution is 7.91. The second-order valence-electron chi connectivity index (χ2n) is 4.26. The smallest absolute Gasteiger partial charge is 0.152 e. The Balaban J connectivity index is 2.13. The maximum atomic E-state index is 11.3. The maximum absolute atomic E-state index is 11.3. The van der Waals surface area contributed by atoms with Gasteiger partial charge < -0.3 is 10.4 Å². The summed E-state index contributed by atoms with van der Waals surface area (Å²) in [4.78, 5) is 0. The minimum absolute atomic E-state index is 0.0855. The molecule has 4 nitrogen and oxygen atoms in total. The highest BCUT2D eigenvalue weighted by atomic mass is 32.2. The summed E-state index contributed by atoms with van der Waals surface area (Å²) in [5.41, 5.74) is 1.64. The van der Waals surface area contributed by atoms with Crippen LogP contribution in [0.3, 0.4) is 0 Å². The Morgan fingerprint density at radius 2 is 2.19 bits per heavy atom. The predicted molar refractivity (Wildman–Crippen MR) is 63.5 cm³/mol. The molecule has 5 heteroatoms. The van der Waals surface area contributed by atoms with Crippen LogP contribution in [0.5, 0.6) is 5.75 Å². The summed E-state index contributed by atoms with van der Waals surface area (Å²) in [6.45, 7) is 1.93. The fourth-order valence-electron chi connectivity index (χ4n) is 1.89. The van der Waals surface area contributed by atoms with Crippen LogP contribution in [0.25, 0.3) is 0 Å². The number of anilines is 1. The second kappa shape index (κ2) is 3.97. The van der Waals surface area contributed by atoms with Gasteiger partial charge in [-0.2, -0.15) is 0 Å². The summed E-state index contributed by atoms with van der Waals surface area (Å²) in [5, 5.41) is 12.7. The minimum Gasteiger partial charge on any atom is -0.506 e. The van der Waals surface area contributed by atoms with Crippen LogP contribution < -0.4 is 5.32 Å². The maximum Gasteiger partial charge on any atom is 0.152 e. The van der Waals surface area contributed by atoms with Crippen molar-refractivity contribution in [3.8, 4) is 5.75 Å². The quantitative estimate of drug-likeness (QED) is 0.766. The lowest BCUT2D eigenvalue weighted by Crippen LogP contribution is -2.20. The van der Waals surface area contributed by atoms with Gasteiger partial charge in [0, 0.05) is 6.04 Å². The largest absolute Gasteiger partial charge is 0.506 e. The Kier molecular flexibility index (Phi) is 2.80.